The van der Waals surface area contributed by atoms with Crippen LogP contribution in [0.15, 0.2) is 254 Å². The van der Waals surface area contributed by atoms with Crippen LogP contribution in [0.25, 0.3) is 111 Å². The highest BCUT2D eigenvalue weighted by molar-refractivity contribution is 7.00. The van der Waals surface area contributed by atoms with E-state index in [-0.39, 0.29) is 184 Å². The SMILES string of the molecule is [2H]c1c([2H])c(C(C)(C)C)c([2H])c([2H])c1-c1cc(C(C)(C)C)c([2H])c(-c2c([2H])c([2H])c(C(C)(C)C)c([2H])c2C(C)(C)C)c1N1c2cc(-n3c4ccc(C(C)(C)C)cc4c4cc(C(C)(C)C)ccc43)ccc2B2c3ccc(-n4c5ccc(C(C)(C)C)cc5c5cc(C(C)(C)C)ccc54)cc3N(c3c(-c4c([2H])c([2H])c(C(C)(C)C)c([2H])c4[2H])c([2H])c(C(C)(C)C)c([2H])c3-c3c([2H])c(C(C)(C)C)c([2H])c(C(C)(C)C)c3[2H])c3cc(-c4cccc(C(C)(C)C)c4)cc1c32. The third-order valence-electron chi connectivity index (χ3n) is 29.0. The molecule has 0 atom stereocenters. The Labute approximate surface area is 872 Å². The molecule has 0 radical (unpaired) electrons. The van der Waals surface area contributed by atoms with E-state index < -0.39 is 79.6 Å². The van der Waals surface area contributed by atoms with Gasteiger partial charge in [0.15, 0.2) is 0 Å². The molecule has 5 heteroatoms. The smallest absolute Gasteiger partial charge is 0.252 e. The summed E-state index contributed by atoms with van der Waals surface area (Å²) in [4.78, 5) is 4.15. The van der Waals surface area contributed by atoms with E-state index in [0.29, 0.717) is 78.3 Å². The molecule has 18 rings (SSSR count). The average molecular weight is 1880 g/mol. The second-order valence-electron chi connectivity index (χ2n) is 54.0. The normalized spacial score (nSPS) is 15.7. The Morgan fingerprint density at radius 3 is 0.894 bits per heavy atom. The Morgan fingerprint density at radius 2 is 0.532 bits per heavy atom. The Balaban J connectivity index is 1.21. The summed E-state index contributed by atoms with van der Waals surface area (Å²) in [5, 5.41) is 3.98. The first-order chi connectivity index (χ1) is 72.3. The van der Waals surface area contributed by atoms with Crippen molar-refractivity contribution in [2.75, 3.05) is 9.80 Å². The predicted octanol–water partition coefficient (Wildman–Crippen LogP) is 37.2. The van der Waals surface area contributed by atoms with Crippen LogP contribution in [-0.4, -0.2) is 15.8 Å². The van der Waals surface area contributed by atoms with Gasteiger partial charge in [-0.3, -0.25) is 0 Å². The first-order valence-electron chi connectivity index (χ1n) is 59.5. The number of anilines is 6. The van der Waals surface area contributed by atoms with Crippen molar-refractivity contribution in [2.45, 2.75) is 340 Å². The summed E-state index contributed by atoms with van der Waals surface area (Å²) in [7, 11) is 0. The third-order valence-corrected chi connectivity index (χ3v) is 29.0. The van der Waals surface area contributed by atoms with Crippen LogP contribution < -0.4 is 26.2 Å². The molecular formula is C136H159BN4. The van der Waals surface area contributed by atoms with Crippen molar-refractivity contribution in [3.63, 3.8) is 0 Å². The van der Waals surface area contributed by atoms with Gasteiger partial charge in [0.05, 0.1) is 56.7 Å². The van der Waals surface area contributed by atoms with Crippen molar-refractivity contribution in [1.29, 1.82) is 0 Å². The molecule has 0 amide bonds. The van der Waals surface area contributed by atoms with E-state index in [9.17, 15) is 23.3 Å². The minimum atomic E-state index is -1.22. The molecule has 4 nitrogen and oxygen atoms in total. The molecule has 0 saturated carbocycles. The lowest BCUT2D eigenvalue weighted by molar-refractivity contribution is 0.568. The molecule has 726 valence electrons. The highest BCUT2D eigenvalue weighted by Crippen LogP contribution is 2.59. The molecule has 14 aromatic carbocycles. The van der Waals surface area contributed by atoms with Gasteiger partial charge in [-0.2, -0.15) is 0 Å². The summed E-state index contributed by atoms with van der Waals surface area (Å²) < 4.78 is 195. The highest BCUT2D eigenvalue weighted by atomic mass is 15.2. The van der Waals surface area contributed by atoms with Gasteiger partial charge in [0.25, 0.3) is 6.71 Å². The van der Waals surface area contributed by atoms with Gasteiger partial charge in [0.1, 0.15) is 0 Å². The Kier molecular flexibility index (Phi) is 19.0. The fourth-order valence-corrected chi connectivity index (χ4v) is 20.1. The van der Waals surface area contributed by atoms with Crippen molar-refractivity contribution in [1.82, 2.24) is 9.13 Å². The van der Waals surface area contributed by atoms with Gasteiger partial charge >= 0.3 is 0 Å². The lowest BCUT2D eigenvalue weighted by Gasteiger charge is -2.46. The third kappa shape index (κ3) is 18.2. The number of nitrogens with zero attached hydrogens (tertiary/aromatic N) is 4. The van der Waals surface area contributed by atoms with E-state index in [0.717, 1.165) is 71.4 Å². The standard InChI is InChI=1S/C136H159BN4/c1-124(2,3)87-47-43-82(44-48-87)102-75-97(134(31,32)33)77-104(86-66-95(132(25,26)27)70-96(67-86)133(28,29)30)122(102)140-117-80-99(138-113-61-52-90(127(10,11)12)71-105(113)106-72-91(128(13,14)15)53-62-114(106)138)56-59-111(117)137-112-60-57-100(139-115-63-54-92(129(16,17)18)73-107(115)108-74-93(130(19,20)21)55-64-116(108)139)81-118(112)141(120-69-85(68-119(140)121(120)137)84-41-40-42-89(65-84)126(7,8)9)123-103(83-45-49-88(50-46-83)125(4,5)6)76-98(135(34,35)36)78-109(123)101-58-51-94(131(22,23)24)79-110(101)136(37,38)39/h40-81H,1-39H3/i43D,44D,45D,46D,47D,48D,49D,50D,51D,58D,66D,67D,70D,75D,77D,78D,79D. The molecule has 0 unspecified atom stereocenters. The van der Waals surface area contributed by atoms with Crippen LogP contribution in [0, 0.1) is 0 Å². The van der Waals surface area contributed by atoms with Crippen LogP contribution >= 0.6 is 0 Å². The van der Waals surface area contributed by atoms with E-state index in [2.05, 4.69) is 257 Å². The van der Waals surface area contributed by atoms with E-state index in [1.165, 1.54) is 0 Å². The molecule has 4 heterocycles. The molecule has 0 saturated heterocycles. The summed E-state index contributed by atoms with van der Waals surface area (Å²) in [6.45, 7) is 78.4. The zero-order chi connectivity index (χ0) is 117. The van der Waals surface area contributed by atoms with Crippen LogP contribution in [0.2, 0.25) is 0 Å². The van der Waals surface area contributed by atoms with E-state index >= 15 is 0 Å². The highest BCUT2D eigenvalue weighted by Gasteiger charge is 2.48. The topological polar surface area (TPSA) is 16.3 Å². The van der Waals surface area contributed by atoms with Crippen molar-refractivity contribution in [2.24, 2.45) is 0 Å². The Morgan fingerprint density at radius 1 is 0.206 bits per heavy atom. The van der Waals surface area contributed by atoms with Crippen molar-refractivity contribution >= 4 is 101 Å². The number of benzene rings is 14. The monoisotopic (exact) mass is 1880 g/mol. The maximum absolute atomic E-state index is 12.0. The number of hydrogen-bond acceptors (Lipinski definition) is 2. The summed E-state index contributed by atoms with van der Waals surface area (Å²) >= 11 is 0. The van der Waals surface area contributed by atoms with E-state index in [1.807, 2.05) is 183 Å². The van der Waals surface area contributed by atoms with Crippen LogP contribution in [0.3, 0.4) is 0 Å². The second kappa shape index (κ2) is 33.5. The Hall–Kier alpha value is -11.7. The molecule has 0 N–H and O–H groups in total. The first-order valence-corrected chi connectivity index (χ1v) is 51.0. The van der Waals surface area contributed by atoms with E-state index in [1.54, 1.807) is 0 Å². The van der Waals surface area contributed by atoms with Gasteiger partial charge in [0, 0.05) is 77.9 Å². The molecule has 0 aliphatic carbocycles. The molecule has 2 aromatic heterocycles. The summed E-state index contributed by atoms with van der Waals surface area (Å²) in [6.07, 6.45) is 0. The van der Waals surface area contributed by atoms with Crippen LogP contribution in [0.5, 0.6) is 0 Å². The molecule has 2 aliphatic heterocycles. The lowest BCUT2D eigenvalue weighted by atomic mass is 9.33. The second-order valence-corrected chi connectivity index (χ2v) is 54.0. The van der Waals surface area contributed by atoms with Gasteiger partial charge in [0.2, 0.25) is 0 Å². The van der Waals surface area contributed by atoms with Crippen LogP contribution in [0.4, 0.5) is 34.1 Å². The Bertz CT molecular complexity index is 8590. The number of aromatic nitrogens is 2. The fraction of sp³-hybridized carbons (Fsp3) is 0.382. The van der Waals surface area contributed by atoms with Gasteiger partial charge in [-0.15, -0.1) is 0 Å². The van der Waals surface area contributed by atoms with Gasteiger partial charge < -0.3 is 18.9 Å². The first kappa shape index (κ1) is 79.9. The molecule has 0 bridgehead atoms. The fourth-order valence-electron chi connectivity index (χ4n) is 20.1. The largest absolute Gasteiger partial charge is 0.310 e. The van der Waals surface area contributed by atoms with Crippen LogP contribution in [-0.2, 0) is 70.4 Å². The summed E-state index contributed by atoms with van der Waals surface area (Å²) in [6, 6.07) is 49.4. The minimum Gasteiger partial charge on any atom is -0.310 e. The van der Waals surface area contributed by atoms with Gasteiger partial charge in [-0.1, -0.05) is 415 Å². The quantitative estimate of drug-likeness (QED) is 0.134. The molecule has 141 heavy (non-hydrogen) atoms. The lowest BCUT2D eigenvalue weighted by Crippen LogP contribution is -2.61. The van der Waals surface area contributed by atoms with Crippen molar-refractivity contribution < 1.29 is 23.3 Å². The van der Waals surface area contributed by atoms with E-state index in [4.69, 9.17) is 0 Å². The van der Waals surface area contributed by atoms with Crippen LogP contribution in [0.1, 0.15) is 366 Å². The molecular weight excluding hydrogens is 1700 g/mol. The summed E-state index contributed by atoms with van der Waals surface area (Å²) in [5.41, 5.74) is 6.15. The molecule has 2 aliphatic rings. The number of rotatable bonds is 9. The van der Waals surface area contributed by atoms with Gasteiger partial charge in [-0.25, -0.2) is 0 Å². The van der Waals surface area contributed by atoms with Gasteiger partial charge in [-0.05, 0) is 302 Å². The average Bonchev–Trinajstić information content (AvgIpc) is 0.837. The molecule has 16 aromatic rings. The number of hydrogen-bond donors (Lipinski definition) is 0. The molecule has 0 spiro atoms. The van der Waals surface area contributed by atoms with Crippen molar-refractivity contribution in [3.05, 3.63) is 327 Å². The molecule has 0 fully saturated rings. The van der Waals surface area contributed by atoms with Crippen molar-refractivity contribution in [3.8, 4) is 67.0 Å². The maximum atomic E-state index is 12.0. The number of fused-ring (bicyclic) bond motifs is 10. The zero-order valence-electron chi connectivity index (χ0n) is 109. The summed E-state index contributed by atoms with van der Waals surface area (Å²) in [5.74, 6) is 0. The maximum Gasteiger partial charge on any atom is 0.252 e. The predicted molar refractivity (Wildman–Crippen MR) is 619 cm³/mol. The zero-order valence-corrected chi connectivity index (χ0v) is 91.8. The minimum absolute atomic E-state index is 0.0190.